The number of hydrogen-bond donors (Lipinski definition) is 0. The fraction of sp³-hybridized carbons (Fsp3) is 0.833. The van der Waals surface area contributed by atoms with Crippen molar-refractivity contribution in [2.75, 3.05) is 0 Å². The van der Waals surface area contributed by atoms with E-state index in [1.54, 1.807) is 0 Å². The Labute approximate surface area is 79.1 Å². The van der Waals surface area contributed by atoms with Gasteiger partial charge in [-0.15, -0.1) is 6.58 Å². The molecule has 0 heterocycles. The smallest absolute Gasteiger partial charge is 0.0293 e. The van der Waals surface area contributed by atoms with Crippen LogP contribution in [-0.4, -0.2) is 0 Å². The van der Waals surface area contributed by atoms with Gasteiger partial charge in [0.25, 0.3) is 0 Å². The Balaban J connectivity index is 0. The largest absolute Gasteiger partial charge is 0.103 e. The van der Waals surface area contributed by atoms with Crippen molar-refractivity contribution in [1.29, 1.82) is 0 Å². The van der Waals surface area contributed by atoms with E-state index in [1.807, 2.05) is 6.08 Å². The van der Waals surface area contributed by atoms with Gasteiger partial charge in [0, 0.05) is 0 Å². The molecule has 0 aromatic rings. The molecule has 0 saturated carbocycles. The predicted octanol–water partition coefficient (Wildman–Crippen LogP) is 4.66. The van der Waals surface area contributed by atoms with E-state index in [4.69, 9.17) is 0 Å². The van der Waals surface area contributed by atoms with Crippen LogP contribution in [0.3, 0.4) is 0 Å². The van der Waals surface area contributed by atoms with Crippen LogP contribution in [-0.2, 0) is 0 Å². The number of rotatable bonds is 3. The van der Waals surface area contributed by atoms with Gasteiger partial charge in [-0.3, -0.25) is 0 Å². The van der Waals surface area contributed by atoms with Gasteiger partial charge in [-0.05, 0) is 11.3 Å². The lowest BCUT2D eigenvalue weighted by Gasteiger charge is -2.18. The van der Waals surface area contributed by atoms with Gasteiger partial charge in [0.15, 0.2) is 0 Å². The summed E-state index contributed by atoms with van der Waals surface area (Å²) in [5.41, 5.74) is 0.583. The first-order valence-corrected chi connectivity index (χ1v) is 5.02. The zero-order valence-electron chi connectivity index (χ0n) is 9.78. The quantitative estimate of drug-likeness (QED) is 0.540. The van der Waals surface area contributed by atoms with Gasteiger partial charge in [-0.1, -0.05) is 60.5 Å². The monoisotopic (exact) mass is 170 g/mol. The SMILES string of the molecule is C=CC(C)C.CCC(C)(C)CC. The van der Waals surface area contributed by atoms with Crippen molar-refractivity contribution < 1.29 is 0 Å². The Hall–Kier alpha value is -0.260. The lowest BCUT2D eigenvalue weighted by molar-refractivity contribution is 0.338. The Bertz CT molecular complexity index is 92.6. The number of hydrogen-bond acceptors (Lipinski definition) is 0. The third-order valence-electron chi connectivity index (χ3n) is 2.39. The average Bonchev–Trinajstić information content (AvgIpc) is 2.05. The summed E-state index contributed by atoms with van der Waals surface area (Å²) in [6.07, 6.45) is 4.51. The van der Waals surface area contributed by atoms with Crippen LogP contribution in [0.5, 0.6) is 0 Å². The van der Waals surface area contributed by atoms with Crippen molar-refractivity contribution in [3.05, 3.63) is 12.7 Å². The van der Waals surface area contributed by atoms with Crippen LogP contribution in [0.25, 0.3) is 0 Å². The first-order chi connectivity index (χ1) is 5.39. The van der Waals surface area contributed by atoms with Crippen LogP contribution < -0.4 is 0 Å². The summed E-state index contributed by atoms with van der Waals surface area (Å²) in [4.78, 5) is 0. The molecule has 74 valence electrons. The Morgan fingerprint density at radius 3 is 1.42 bits per heavy atom. The van der Waals surface area contributed by atoms with Crippen molar-refractivity contribution in [2.45, 2.75) is 54.4 Å². The summed E-state index contributed by atoms with van der Waals surface area (Å²) in [6.45, 7) is 16.8. The van der Waals surface area contributed by atoms with E-state index in [9.17, 15) is 0 Å². The molecule has 0 spiro atoms. The van der Waals surface area contributed by atoms with Crippen molar-refractivity contribution >= 4 is 0 Å². The molecule has 0 aliphatic rings. The van der Waals surface area contributed by atoms with E-state index in [0.717, 1.165) is 0 Å². The van der Waals surface area contributed by atoms with Crippen molar-refractivity contribution in [3.63, 3.8) is 0 Å². The molecule has 0 aromatic heterocycles. The normalized spacial score (nSPS) is 10.6. The molecule has 0 radical (unpaired) electrons. The third-order valence-corrected chi connectivity index (χ3v) is 2.39. The van der Waals surface area contributed by atoms with Crippen LogP contribution >= 0.6 is 0 Å². The summed E-state index contributed by atoms with van der Waals surface area (Å²) in [7, 11) is 0. The minimum Gasteiger partial charge on any atom is -0.103 e. The molecular formula is C12H26. The lowest BCUT2D eigenvalue weighted by atomic mass is 9.88. The van der Waals surface area contributed by atoms with E-state index < -0.39 is 0 Å². The van der Waals surface area contributed by atoms with Crippen molar-refractivity contribution in [2.24, 2.45) is 11.3 Å². The molecule has 0 aromatic carbocycles. The molecule has 0 aliphatic heterocycles. The molecule has 0 rings (SSSR count). The molecule has 0 unspecified atom stereocenters. The first kappa shape index (κ1) is 14.3. The maximum atomic E-state index is 3.56. The average molecular weight is 170 g/mol. The zero-order chi connectivity index (χ0) is 10.2. The second kappa shape index (κ2) is 7.39. The predicted molar refractivity (Wildman–Crippen MR) is 59.4 cm³/mol. The minimum atomic E-state index is 0.583. The second-order valence-electron chi connectivity index (χ2n) is 4.35. The molecule has 0 nitrogen and oxygen atoms in total. The fourth-order valence-electron chi connectivity index (χ4n) is 0.250. The molecule has 0 N–H and O–H groups in total. The van der Waals surface area contributed by atoms with E-state index in [0.29, 0.717) is 11.3 Å². The maximum absolute atomic E-state index is 3.56. The summed E-state index contributed by atoms with van der Waals surface area (Å²) < 4.78 is 0. The standard InChI is InChI=1S/C7H16.C5H10/c1-5-7(3,4)6-2;1-4-5(2)3/h5-6H2,1-4H3;4-5H,1H2,2-3H3. The van der Waals surface area contributed by atoms with E-state index >= 15 is 0 Å². The highest BCUT2D eigenvalue weighted by Gasteiger charge is 2.09. The van der Waals surface area contributed by atoms with Crippen molar-refractivity contribution in [3.8, 4) is 0 Å². The maximum Gasteiger partial charge on any atom is -0.0293 e. The van der Waals surface area contributed by atoms with Crippen LogP contribution in [0.2, 0.25) is 0 Å². The van der Waals surface area contributed by atoms with Gasteiger partial charge in [-0.25, -0.2) is 0 Å². The van der Waals surface area contributed by atoms with Crippen LogP contribution in [0.1, 0.15) is 54.4 Å². The van der Waals surface area contributed by atoms with Crippen LogP contribution in [0, 0.1) is 11.3 Å². The molecule has 0 aliphatic carbocycles. The third kappa shape index (κ3) is 12.4. The fourth-order valence-corrected chi connectivity index (χ4v) is 0.250. The topological polar surface area (TPSA) is 0 Å². The molecular weight excluding hydrogens is 144 g/mol. The van der Waals surface area contributed by atoms with Gasteiger partial charge in [0.05, 0.1) is 0 Å². The second-order valence-corrected chi connectivity index (χ2v) is 4.35. The molecule has 0 amide bonds. The van der Waals surface area contributed by atoms with Gasteiger partial charge >= 0.3 is 0 Å². The number of allylic oxidation sites excluding steroid dienone is 1. The Morgan fingerprint density at radius 1 is 1.17 bits per heavy atom. The van der Waals surface area contributed by atoms with E-state index in [-0.39, 0.29) is 0 Å². The Kier molecular flexibility index (Phi) is 8.79. The van der Waals surface area contributed by atoms with E-state index in [2.05, 4.69) is 48.1 Å². The van der Waals surface area contributed by atoms with Gasteiger partial charge in [0.1, 0.15) is 0 Å². The summed E-state index contributed by atoms with van der Waals surface area (Å²) in [5, 5.41) is 0. The molecule has 12 heavy (non-hydrogen) atoms. The molecule has 0 heteroatoms. The minimum absolute atomic E-state index is 0.583. The molecule has 0 saturated heterocycles. The summed E-state index contributed by atoms with van der Waals surface area (Å²) in [5.74, 6) is 0.648. The van der Waals surface area contributed by atoms with Crippen LogP contribution in [0.15, 0.2) is 12.7 Å². The van der Waals surface area contributed by atoms with Gasteiger partial charge < -0.3 is 0 Å². The highest BCUT2D eigenvalue weighted by atomic mass is 14.1. The lowest BCUT2D eigenvalue weighted by Crippen LogP contribution is -2.05. The molecule has 0 bridgehead atoms. The van der Waals surface area contributed by atoms with Crippen LogP contribution in [0.4, 0.5) is 0 Å². The summed E-state index contributed by atoms with van der Waals surface area (Å²) in [6, 6.07) is 0. The molecule has 0 atom stereocenters. The van der Waals surface area contributed by atoms with Gasteiger partial charge in [0.2, 0.25) is 0 Å². The zero-order valence-corrected chi connectivity index (χ0v) is 9.78. The Morgan fingerprint density at radius 2 is 1.42 bits per heavy atom. The summed E-state index contributed by atoms with van der Waals surface area (Å²) >= 11 is 0. The van der Waals surface area contributed by atoms with E-state index in [1.165, 1.54) is 12.8 Å². The van der Waals surface area contributed by atoms with Crippen molar-refractivity contribution in [1.82, 2.24) is 0 Å². The molecule has 0 fully saturated rings. The highest BCUT2D eigenvalue weighted by molar-refractivity contribution is 4.69. The highest BCUT2D eigenvalue weighted by Crippen LogP contribution is 2.22. The first-order valence-electron chi connectivity index (χ1n) is 5.02. The van der Waals surface area contributed by atoms with Gasteiger partial charge in [-0.2, -0.15) is 0 Å².